The Kier molecular flexibility index (Phi) is 4.55. The smallest absolute Gasteiger partial charge is 0.307 e. The van der Waals surface area contributed by atoms with Crippen molar-refractivity contribution in [3.8, 4) is 0 Å². The van der Waals surface area contributed by atoms with Gasteiger partial charge in [0.25, 0.3) is 5.69 Å². The van der Waals surface area contributed by atoms with Crippen molar-refractivity contribution in [1.29, 1.82) is 0 Å². The fourth-order valence-electron chi connectivity index (χ4n) is 3.28. The van der Waals surface area contributed by atoms with E-state index in [1.54, 1.807) is 13.8 Å². The summed E-state index contributed by atoms with van der Waals surface area (Å²) in [4.78, 5) is 26.5. The minimum atomic E-state index is -0.827. The van der Waals surface area contributed by atoms with Crippen molar-refractivity contribution in [2.75, 3.05) is 0 Å². The summed E-state index contributed by atoms with van der Waals surface area (Å²) in [7, 11) is 0. The number of rotatable bonds is 5. The van der Waals surface area contributed by atoms with Gasteiger partial charge in [0.15, 0.2) is 0 Å². The van der Waals surface area contributed by atoms with E-state index in [2.05, 4.69) is 4.98 Å². The molecule has 1 aromatic heterocycles. The topological polar surface area (TPSA) is 93.3 Å². The molecule has 1 fully saturated rings. The highest BCUT2D eigenvalue weighted by Crippen LogP contribution is 2.34. The number of pyridine rings is 1. The SMILES string of the molecule is Cc1cnc(CC(C(=O)O)C2CCCC2)c(C)c1[N+](=O)[O-]. The molecule has 1 saturated carbocycles. The molecule has 1 aromatic rings. The summed E-state index contributed by atoms with van der Waals surface area (Å²) in [5.74, 6) is -1.17. The molecule has 0 aromatic carbocycles. The maximum Gasteiger partial charge on any atom is 0.307 e. The van der Waals surface area contributed by atoms with E-state index in [4.69, 9.17) is 0 Å². The van der Waals surface area contributed by atoms with Crippen molar-refractivity contribution in [2.24, 2.45) is 11.8 Å². The van der Waals surface area contributed by atoms with Crippen molar-refractivity contribution < 1.29 is 14.8 Å². The second-order valence-electron chi connectivity index (χ2n) is 5.81. The summed E-state index contributed by atoms with van der Waals surface area (Å²) in [5.41, 5.74) is 1.58. The molecule has 1 aliphatic carbocycles. The molecule has 1 aliphatic rings. The Morgan fingerprint density at radius 2 is 2.10 bits per heavy atom. The molecule has 0 amide bonds. The number of nitro groups is 1. The second kappa shape index (κ2) is 6.20. The summed E-state index contributed by atoms with van der Waals surface area (Å²) >= 11 is 0. The number of carboxylic acid groups (broad SMARTS) is 1. The predicted molar refractivity (Wildman–Crippen MR) is 77.2 cm³/mol. The summed E-state index contributed by atoms with van der Waals surface area (Å²) in [6, 6.07) is 0. The maximum absolute atomic E-state index is 11.5. The molecule has 1 unspecified atom stereocenters. The molecule has 0 saturated heterocycles. The van der Waals surface area contributed by atoms with Gasteiger partial charge in [-0.05, 0) is 32.6 Å². The monoisotopic (exact) mass is 292 g/mol. The molecule has 2 rings (SSSR count). The third-order valence-electron chi connectivity index (χ3n) is 4.46. The van der Waals surface area contributed by atoms with Crippen LogP contribution in [0, 0.1) is 35.8 Å². The molecule has 1 atom stereocenters. The van der Waals surface area contributed by atoms with Gasteiger partial charge >= 0.3 is 5.97 Å². The van der Waals surface area contributed by atoms with Crippen LogP contribution in [0.2, 0.25) is 0 Å². The van der Waals surface area contributed by atoms with Crippen LogP contribution in [0.4, 0.5) is 5.69 Å². The number of hydrogen-bond donors (Lipinski definition) is 1. The van der Waals surface area contributed by atoms with Crippen LogP contribution in [-0.4, -0.2) is 21.0 Å². The van der Waals surface area contributed by atoms with Gasteiger partial charge in [-0.3, -0.25) is 19.9 Å². The van der Waals surface area contributed by atoms with Crippen molar-refractivity contribution in [2.45, 2.75) is 46.0 Å². The standard InChI is InChI=1S/C15H20N2O4/c1-9-8-16-13(10(2)14(9)17(20)21)7-12(15(18)19)11-5-3-4-6-11/h8,11-12H,3-7H2,1-2H3,(H,18,19). The molecule has 1 heterocycles. The van der Waals surface area contributed by atoms with Gasteiger partial charge in [-0.1, -0.05) is 12.8 Å². The van der Waals surface area contributed by atoms with Crippen molar-refractivity contribution in [3.05, 3.63) is 33.1 Å². The zero-order valence-corrected chi connectivity index (χ0v) is 12.3. The van der Waals surface area contributed by atoms with E-state index in [-0.39, 0.29) is 18.0 Å². The van der Waals surface area contributed by atoms with Gasteiger partial charge in [-0.15, -0.1) is 0 Å². The lowest BCUT2D eigenvalue weighted by atomic mass is 9.86. The molecule has 114 valence electrons. The van der Waals surface area contributed by atoms with Gasteiger partial charge in [0.05, 0.1) is 16.5 Å². The van der Waals surface area contributed by atoms with Crippen LogP contribution in [0.25, 0.3) is 0 Å². The van der Waals surface area contributed by atoms with E-state index in [1.807, 2.05) is 0 Å². The number of aromatic nitrogens is 1. The molecule has 1 N–H and O–H groups in total. The van der Waals surface area contributed by atoms with Crippen molar-refractivity contribution in [3.63, 3.8) is 0 Å². The van der Waals surface area contributed by atoms with Crippen molar-refractivity contribution in [1.82, 2.24) is 4.98 Å². The highest BCUT2D eigenvalue weighted by Gasteiger charge is 2.32. The fourth-order valence-corrected chi connectivity index (χ4v) is 3.28. The summed E-state index contributed by atoms with van der Waals surface area (Å²) in [6.45, 7) is 3.30. The lowest BCUT2D eigenvalue weighted by molar-refractivity contribution is -0.386. The molecule has 0 bridgehead atoms. The van der Waals surface area contributed by atoms with Crippen LogP contribution in [0.3, 0.4) is 0 Å². The van der Waals surface area contributed by atoms with Crippen molar-refractivity contribution >= 4 is 11.7 Å². The Hall–Kier alpha value is -1.98. The van der Waals surface area contributed by atoms with Crippen LogP contribution >= 0.6 is 0 Å². The second-order valence-corrected chi connectivity index (χ2v) is 5.81. The van der Waals surface area contributed by atoms with E-state index < -0.39 is 16.8 Å². The fraction of sp³-hybridized carbons (Fsp3) is 0.600. The zero-order valence-electron chi connectivity index (χ0n) is 12.3. The zero-order chi connectivity index (χ0) is 15.6. The Labute approximate surface area is 123 Å². The quantitative estimate of drug-likeness (QED) is 0.665. The summed E-state index contributed by atoms with van der Waals surface area (Å²) in [5, 5.41) is 20.6. The van der Waals surface area contributed by atoms with Gasteiger partial charge in [-0.25, -0.2) is 0 Å². The lowest BCUT2D eigenvalue weighted by Crippen LogP contribution is -2.25. The first-order valence-corrected chi connectivity index (χ1v) is 7.24. The highest BCUT2D eigenvalue weighted by atomic mass is 16.6. The minimum absolute atomic E-state index is 0.0514. The number of carboxylic acids is 1. The molecular formula is C15H20N2O4. The summed E-state index contributed by atoms with van der Waals surface area (Å²) < 4.78 is 0. The van der Waals surface area contributed by atoms with Gasteiger partial charge in [0, 0.05) is 23.7 Å². The molecule has 6 heteroatoms. The third-order valence-corrected chi connectivity index (χ3v) is 4.46. The van der Waals surface area contributed by atoms with Gasteiger partial charge < -0.3 is 5.11 Å². The Morgan fingerprint density at radius 3 is 2.62 bits per heavy atom. The average Bonchev–Trinajstić information content (AvgIpc) is 2.90. The number of hydrogen-bond acceptors (Lipinski definition) is 4. The minimum Gasteiger partial charge on any atom is -0.481 e. The molecule has 0 radical (unpaired) electrons. The number of aryl methyl sites for hydroxylation is 1. The van der Waals surface area contributed by atoms with Gasteiger partial charge in [-0.2, -0.15) is 0 Å². The van der Waals surface area contributed by atoms with E-state index in [9.17, 15) is 20.0 Å². The number of carbonyl (C=O) groups is 1. The molecule has 0 aliphatic heterocycles. The van der Waals surface area contributed by atoms with E-state index in [0.717, 1.165) is 25.7 Å². The molecule has 0 spiro atoms. The number of aliphatic carboxylic acids is 1. The Bertz CT molecular complexity index is 565. The average molecular weight is 292 g/mol. The van der Waals surface area contributed by atoms with Crippen LogP contribution in [0.1, 0.15) is 42.5 Å². The van der Waals surface area contributed by atoms with E-state index in [1.165, 1.54) is 6.20 Å². The Balaban J connectivity index is 2.31. The first-order valence-electron chi connectivity index (χ1n) is 7.24. The highest BCUT2D eigenvalue weighted by molar-refractivity contribution is 5.71. The largest absolute Gasteiger partial charge is 0.481 e. The Morgan fingerprint density at radius 1 is 1.48 bits per heavy atom. The lowest BCUT2D eigenvalue weighted by Gasteiger charge is -2.19. The number of nitrogens with zero attached hydrogens (tertiary/aromatic N) is 2. The molecule has 21 heavy (non-hydrogen) atoms. The van der Waals surface area contributed by atoms with Gasteiger partial charge in [0.2, 0.25) is 0 Å². The third kappa shape index (κ3) is 3.20. The normalized spacial score (nSPS) is 16.9. The first kappa shape index (κ1) is 15.4. The van der Waals surface area contributed by atoms with Crippen LogP contribution < -0.4 is 0 Å². The van der Waals surface area contributed by atoms with E-state index >= 15 is 0 Å². The van der Waals surface area contributed by atoms with Crippen LogP contribution in [-0.2, 0) is 11.2 Å². The summed E-state index contributed by atoms with van der Waals surface area (Å²) in [6.07, 6.45) is 5.71. The maximum atomic E-state index is 11.5. The predicted octanol–water partition coefficient (Wildman–Crippen LogP) is 3.04. The van der Waals surface area contributed by atoms with Gasteiger partial charge in [0.1, 0.15) is 0 Å². The van der Waals surface area contributed by atoms with Crippen LogP contribution in [0.5, 0.6) is 0 Å². The van der Waals surface area contributed by atoms with E-state index in [0.29, 0.717) is 16.8 Å². The first-order chi connectivity index (χ1) is 9.91. The molecule has 6 nitrogen and oxygen atoms in total. The van der Waals surface area contributed by atoms with Crippen LogP contribution in [0.15, 0.2) is 6.20 Å². The molecular weight excluding hydrogens is 272 g/mol.